The maximum atomic E-state index is 12.9. The summed E-state index contributed by atoms with van der Waals surface area (Å²) in [6.07, 6.45) is 1.81. The predicted octanol–water partition coefficient (Wildman–Crippen LogP) is 3.72. The molecule has 1 fully saturated rings. The fraction of sp³-hybridized carbons (Fsp3) is 0.412. The van der Waals surface area contributed by atoms with Crippen LogP contribution in [-0.4, -0.2) is 34.5 Å². The second kappa shape index (κ2) is 5.89. The molecule has 0 radical (unpaired) electrons. The number of hydrogen-bond donors (Lipinski definition) is 1. The van der Waals surface area contributed by atoms with Crippen LogP contribution in [0.4, 0.5) is 0 Å². The van der Waals surface area contributed by atoms with E-state index in [-0.39, 0.29) is 24.3 Å². The number of carbonyl (C=O) groups excluding carboxylic acids is 1. The summed E-state index contributed by atoms with van der Waals surface area (Å²) < 4.78 is 5.72. The molecule has 1 saturated carbocycles. The Morgan fingerprint density at radius 1 is 1.43 bits per heavy atom. The third-order valence-corrected chi connectivity index (χ3v) is 4.47. The number of rotatable bonds is 5. The monoisotopic (exact) mass is 335 g/mol. The first kappa shape index (κ1) is 15.9. The molecule has 2 aromatic rings. The summed E-state index contributed by atoms with van der Waals surface area (Å²) in [7, 11) is 0. The Labute approximate surface area is 138 Å². The number of halogens is 1. The van der Waals surface area contributed by atoms with Gasteiger partial charge in [0.2, 0.25) is 0 Å². The average molecular weight is 336 g/mol. The SMILES string of the molecule is Cc1c(C(=O)N(CC(C)C(=O)O)C2CC2)oc2ccc(Cl)cc12. The molecule has 1 atom stereocenters. The van der Waals surface area contributed by atoms with Crippen molar-refractivity contribution in [2.24, 2.45) is 5.92 Å². The highest BCUT2D eigenvalue weighted by molar-refractivity contribution is 6.31. The zero-order chi connectivity index (χ0) is 16.7. The van der Waals surface area contributed by atoms with Gasteiger partial charge in [-0.2, -0.15) is 0 Å². The zero-order valence-corrected chi connectivity index (χ0v) is 13.8. The van der Waals surface area contributed by atoms with E-state index in [9.17, 15) is 9.59 Å². The summed E-state index contributed by atoms with van der Waals surface area (Å²) in [4.78, 5) is 25.6. The molecule has 5 nitrogen and oxygen atoms in total. The van der Waals surface area contributed by atoms with Gasteiger partial charge < -0.3 is 14.4 Å². The van der Waals surface area contributed by atoms with Crippen LogP contribution in [0.15, 0.2) is 22.6 Å². The number of benzene rings is 1. The van der Waals surface area contributed by atoms with Gasteiger partial charge in [0.25, 0.3) is 5.91 Å². The molecule has 1 amide bonds. The van der Waals surface area contributed by atoms with Crippen molar-refractivity contribution in [2.45, 2.75) is 32.7 Å². The van der Waals surface area contributed by atoms with Crippen molar-refractivity contribution in [1.82, 2.24) is 4.90 Å². The predicted molar refractivity (Wildman–Crippen MR) is 86.8 cm³/mol. The Kier molecular flexibility index (Phi) is 4.06. The van der Waals surface area contributed by atoms with Crippen LogP contribution in [0.2, 0.25) is 5.02 Å². The summed E-state index contributed by atoms with van der Waals surface area (Å²) in [5, 5.41) is 10.5. The molecule has 0 bridgehead atoms. The fourth-order valence-corrected chi connectivity index (χ4v) is 2.86. The van der Waals surface area contributed by atoms with Gasteiger partial charge in [-0.3, -0.25) is 9.59 Å². The highest BCUT2D eigenvalue weighted by Crippen LogP contribution is 2.33. The smallest absolute Gasteiger partial charge is 0.308 e. The molecule has 23 heavy (non-hydrogen) atoms. The summed E-state index contributed by atoms with van der Waals surface area (Å²) in [5.74, 6) is -1.49. The molecule has 0 spiro atoms. The molecule has 1 aliphatic carbocycles. The number of hydrogen-bond acceptors (Lipinski definition) is 3. The lowest BCUT2D eigenvalue weighted by molar-refractivity contribution is -0.141. The van der Waals surface area contributed by atoms with Gasteiger partial charge in [0.15, 0.2) is 5.76 Å². The number of furan rings is 1. The summed E-state index contributed by atoms with van der Waals surface area (Å²) >= 11 is 6.00. The molecular formula is C17H18ClNO4. The van der Waals surface area contributed by atoms with Gasteiger partial charge in [-0.05, 0) is 38.0 Å². The Morgan fingerprint density at radius 2 is 2.13 bits per heavy atom. The molecule has 1 aliphatic rings. The zero-order valence-electron chi connectivity index (χ0n) is 13.0. The Bertz CT molecular complexity index is 778. The number of aryl methyl sites for hydroxylation is 1. The maximum absolute atomic E-state index is 12.9. The molecule has 122 valence electrons. The van der Waals surface area contributed by atoms with Crippen molar-refractivity contribution in [1.29, 1.82) is 0 Å². The van der Waals surface area contributed by atoms with E-state index in [0.29, 0.717) is 10.6 Å². The minimum absolute atomic E-state index is 0.112. The highest BCUT2D eigenvalue weighted by Gasteiger charge is 2.37. The van der Waals surface area contributed by atoms with E-state index < -0.39 is 11.9 Å². The van der Waals surface area contributed by atoms with Gasteiger partial charge in [-0.25, -0.2) is 0 Å². The van der Waals surface area contributed by atoms with Crippen LogP contribution >= 0.6 is 11.6 Å². The maximum Gasteiger partial charge on any atom is 0.308 e. The molecule has 0 aliphatic heterocycles. The summed E-state index contributed by atoms with van der Waals surface area (Å²) in [6.45, 7) is 3.62. The van der Waals surface area contributed by atoms with Crippen molar-refractivity contribution in [3.8, 4) is 0 Å². The number of amides is 1. The van der Waals surface area contributed by atoms with Gasteiger partial charge in [0, 0.05) is 28.6 Å². The number of aliphatic carboxylic acids is 1. The fourth-order valence-electron chi connectivity index (χ4n) is 2.68. The van der Waals surface area contributed by atoms with E-state index >= 15 is 0 Å². The van der Waals surface area contributed by atoms with Crippen LogP contribution in [0.3, 0.4) is 0 Å². The first-order chi connectivity index (χ1) is 10.9. The average Bonchev–Trinajstić information content (AvgIpc) is 3.29. The third kappa shape index (κ3) is 3.06. The first-order valence-corrected chi connectivity index (χ1v) is 7.98. The van der Waals surface area contributed by atoms with Crippen molar-refractivity contribution in [2.75, 3.05) is 6.54 Å². The Morgan fingerprint density at radius 3 is 2.74 bits per heavy atom. The lowest BCUT2D eigenvalue weighted by atomic mass is 10.1. The van der Waals surface area contributed by atoms with Crippen molar-refractivity contribution < 1.29 is 19.1 Å². The molecule has 1 aromatic heterocycles. The highest BCUT2D eigenvalue weighted by atomic mass is 35.5. The minimum Gasteiger partial charge on any atom is -0.481 e. The standard InChI is InChI=1S/C17H18ClNO4/c1-9(17(21)22)8-19(12-4-5-12)16(20)15-10(2)13-7-11(18)3-6-14(13)23-15/h3,6-7,9,12H,4-5,8H2,1-2H3,(H,21,22). The molecule has 1 aromatic carbocycles. The molecule has 0 saturated heterocycles. The largest absolute Gasteiger partial charge is 0.481 e. The van der Waals surface area contributed by atoms with Crippen LogP contribution in [0, 0.1) is 12.8 Å². The van der Waals surface area contributed by atoms with Crippen LogP contribution in [0.25, 0.3) is 11.0 Å². The number of carboxylic acid groups (broad SMARTS) is 1. The van der Waals surface area contributed by atoms with E-state index in [1.165, 1.54) is 0 Å². The quantitative estimate of drug-likeness (QED) is 0.904. The Hall–Kier alpha value is -2.01. The van der Waals surface area contributed by atoms with Gasteiger partial charge in [-0.1, -0.05) is 18.5 Å². The second-order valence-corrected chi connectivity index (χ2v) is 6.56. The molecule has 3 rings (SSSR count). The third-order valence-electron chi connectivity index (χ3n) is 4.23. The second-order valence-electron chi connectivity index (χ2n) is 6.12. The van der Waals surface area contributed by atoms with Crippen LogP contribution in [-0.2, 0) is 4.79 Å². The molecule has 6 heteroatoms. The van der Waals surface area contributed by atoms with E-state index in [1.807, 2.05) is 6.92 Å². The Balaban J connectivity index is 1.94. The topological polar surface area (TPSA) is 70.8 Å². The van der Waals surface area contributed by atoms with E-state index in [4.69, 9.17) is 21.1 Å². The van der Waals surface area contributed by atoms with Crippen molar-refractivity contribution in [3.63, 3.8) is 0 Å². The number of fused-ring (bicyclic) bond motifs is 1. The normalized spacial score (nSPS) is 15.6. The van der Waals surface area contributed by atoms with Crippen molar-refractivity contribution >= 4 is 34.4 Å². The van der Waals surface area contributed by atoms with Gasteiger partial charge in [-0.15, -0.1) is 0 Å². The molecular weight excluding hydrogens is 318 g/mol. The van der Waals surface area contributed by atoms with E-state index in [2.05, 4.69) is 0 Å². The van der Waals surface area contributed by atoms with E-state index in [1.54, 1.807) is 30.0 Å². The van der Waals surface area contributed by atoms with Gasteiger partial charge >= 0.3 is 5.97 Å². The van der Waals surface area contributed by atoms with Crippen LogP contribution in [0.5, 0.6) is 0 Å². The first-order valence-electron chi connectivity index (χ1n) is 7.61. The lowest BCUT2D eigenvalue weighted by Crippen LogP contribution is -2.38. The number of nitrogens with zero attached hydrogens (tertiary/aromatic N) is 1. The van der Waals surface area contributed by atoms with Crippen molar-refractivity contribution in [3.05, 3.63) is 34.5 Å². The summed E-state index contributed by atoms with van der Waals surface area (Å²) in [5.41, 5.74) is 1.35. The van der Waals surface area contributed by atoms with Gasteiger partial charge in [0.05, 0.1) is 5.92 Å². The lowest BCUT2D eigenvalue weighted by Gasteiger charge is -2.23. The number of carbonyl (C=O) groups is 2. The molecule has 1 N–H and O–H groups in total. The van der Waals surface area contributed by atoms with Crippen LogP contribution in [0.1, 0.15) is 35.9 Å². The molecule has 1 heterocycles. The van der Waals surface area contributed by atoms with E-state index in [0.717, 1.165) is 23.8 Å². The minimum atomic E-state index is -0.906. The summed E-state index contributed by atoms with van der Waals surface area (Å²) in [6, 6.07) is 5.34. The van der Waals surface area contributed by atoms with Gasteiger partial charge in [0.1, 0.15) is 5.58 Å². The molecule has 1 unspecified atom stereocenters. The number of carboxylic acids is 1. The van der Waals surface area contributed by atoms with Crippen LogP contribution < -0.4 is 0 Å².